The number of rotatable bonds is 6. The Bertz CT molecular complexity index is 545. The molecule has 0 bridgehead atoms. The van der Waals surface area contributed by atoms with Crippen LogP contribution in [-0.4, -0.2) is 22.1 Å². The summed E-state index contributed by atoms with van der Waals surface area (Å²) in [6.07, 6.45) is 5.40. The first kappa shape index (κ1) is 17.1. The summed E-state index contributed by atoms with van der Waals surface area (Å²) in [6, 6.07) is 6.00. The smallest absolute Gasteiger partial charge is 0.303 e. The average Bonchev–Trinajstić information content (AvgIpc) is 2.48. The number of aliphatic carboxylic acids is 1. The molecule has 0 saturated heterocycles. The number of thioether (sulfide) groups is 1. The van der Waals surface area contributed by atoms with Crippen molar-refractivity contribution in [2.45, 2.75) is 62.5 Å². The second kappa shape index (κ2) is 7.82. The van der Waals surface area contributed by atoms with Gasteiger partial charge in [-0.2, -0.15) is 0 Å². The summed E-state index contributed by atoms with van der Waals surface area (Å²) in [5.74, 6) is -0.239. The van der Waals surface area contributed by atoms with Crippen molar-refractivity contribution in [3.63, 3.8) is 0 Å². The van der Waals surface area contributed by atoms with E-state index in [4.69, 9.17) is 5.11 Å². The summed E-state index contributed by atoms with van der Waals surface area (Å²) in [4.78, 5) is 23.6. The zero-order valence-electron chi connectivity index (χ0n) is 13.3. The molecule has 0 unspecified atom stereocenters. The quantitative estimate of drug-likeness (QED) is 0.780. The van der Waals surface area contributed by atoms with Crippen LogP contribution in [0, 0.1) is 5.92 Å². The molecule has 0 aliphatic heterocycles. The molecule has 1 fully saturated rings. The first-order chi connectivity index (χ1) is 10.5. The van der Waals surface area contributed by atoms with Crippen LogP contribution in [0.25, 0.3) is 0 Å². The van der Waals surface area contributed by atoms with Gasteiger partial charge in [-0.25, -0.2) is 0 Å². The van der Waals surface area contributed by atoms with E-state index in [0.29, 0.717) is 17.6 Å². The molecule has 22 heavy (non-hydrogen) atoms. The minimum Gasteiger partial charge on any atom is -0.481 e. The molecule has 120 valence electrons. The first-order valence-corrected chi connectivity index (χ1v) is 8.89. The molecule has 0 spiro atoms. The summed E-state index contributed by atoms with van der Waals surface area (Å²) < 4.78 is 0. The molecule has 1 N–H and O–H groups in total. The number of carboxylic acids is 1. The van der Waals surface area contributed by atoms with E-state index in [-0.39, 0.29) is 5.78 Å². The lowest BCUT2D eigenvalue weighted by Crippen LogP contribution is -2.18. The summed E-state index contributed by atoms with van der Waals surface area (Å²) in [6.45, 7) is 3.74. The molecule has 0 heterocycles. The van der Waals surface area contributed by atoms with E-state index in [9.17, 15) is 9.59 Å². The van der Waals surface area contributed by atoms with Crippen molar-refractivity contribution in [1.29, 1.82) is 0 Å². The van der Waals surface area contributed by atoms with Gasteiger partial charge in [0.15, 0.2) is 5.78 Å². The molecular weight excluding hydrogens is 296 g/mol. The van der Waals surface area contributed by atoms with Crippen molar-refractivity contribution in [3.05, 3.63) is 29.3 Å². The van der Waals surface area contributed by atoms with Crippen molar-refractivity contribution in [3.8, 4) is 0 Å². The maximum atomic E-state index is 11.6. The number of hydrogen-bond acceptors (Lipinski definition) is 3. The minimum atomic E-state index is -0.682. The highest BCUT2D eigenvalue weighted by Crippen LogP contribution is 2.38. The number of carbonyl (C=O) groups excluding carboxylic acids is 1. The van der Waals surface area contributed by atoms with Crippen molar-refractivity contribution in [1.82, 2.24) is 0 Å². The van der Waals surface area contributed by atoms with Crippen LogP contribution in [0.2, 0.25) is 0 Å². The van der Waals surface area contributed by atoms with Crippen molar-refractivity contribution >= 4 is 23.5 Å². The van der Waals surface area contributed by atoms with Crippen LogP contribution in [0.4, 0.5) is 0 Å². The lowest BCUT2D eigenvalue weighted by atomic mass is 9.87. The van der Waals surface area contributed by atoms with Gasteiger partial charge in [-0.05, 0) is 56.6 Å². The fourth-order valence-electron chi connectivity index (χ4n) is 3.06. The molecule has 4 heteroatoms. The fraction of sp³-hybridized carbons (Fsp3) is 0.556. The Hall–Kier alpha value is -1.29. The maximum absolute atomic E-state index is 11.6. The van der Waals surface area contributed by atoms with Crippen LogP contribution in [0.15, 0.2) is 23.1 Å². The minimum absolute atomic E-state index is 0.106. The molecule has 0 radical (unpaired) electrons. The number of benzene rings is 1. The predicted molar refractivity (Wildman–Crippen MR) is 89.7 cm³/mol. The zero-order chi connectivity index (χ0) is 16.1. The Morgan fingerprint density at radius 1 is 1.23 bits per heavy atom. The predicted octanol–water partition coefficient (Wildman–Crippen LogP) is 4.58. The second-order valence-electron chi connectivity index (χ2n) is 6.09. The number of aryl methyl sites for hydroxylation is 1. The van der Waals surface area contributed by atoms with Gasteiger partial charge in [-0.15, -0.1) is 11.8 Å². The number of ketones is 1. The molecule has 0 aromatic heterocycles. The number of carbonyl (C=O) groups is 2. The van der Waals surface area contributed by atoms with Gasteiger partial charge in [0.2, 0.25) is 0 Å². The number of Topliss-reactive ketones (excluding diaryl/α,β-unsaturated/α-hetero) is 1. The third-order valence-electron chi connectivity index (χ3n) is 4.41. The SMILES string of the molecule is CCc1ccc(C(C)=O)cc1SC1CCC(CC(=O)O)CC1. The Kier molecular flexibility index (Phi) is 6.07. The van der Waals surface area contributed by atoms with Gasteiger partial charge in [0.05, 0.1) is 0 Å². The summed E-state index contributed by atoms with van der Waals surface area (Å²) >= 11 is 1.87. The summed E-state index contributed by atoms with van der Waals surface area (Å²) in [5.41, 5.74) is 2.07. The highest BCUT2D eigenvalue weighted by molar-refractivity contribution is 8.00. The molecule has 0 amide bonds. The van der Waals surface area contributed by atoms with Gasteiger partial charge in [0.25, 0.3) is 0 Å². The van der Waals surface area contributed by atoms with Crippen molar-refractivity contribution in [2.24, 2.45) is 5.92 Å². The Morgan fingerprint density at radius 2 is 1.91 bits per heavy atom. The number of carboxylic acid groups (broad SMARTS) is 1. The van der Waals surface area contributed by atoms with E-state index in [2.05, 4.69) is 13.0 Å². The van der Waals surface area contributed by atoms with E-state index in [0.717, 1.165) is 37.7 Å². The normalized spacial score (nSPS) is 21.5. The van der Waals surface area contributed by atoms with Gasteiger partial charge in [0.1, 0.15) is 0 Å². The Balaban J connectivity index is 2.00. The van der Waals surface area contributed by atoms with E-state index in [1.165, 1.54) is 10.5 Å². The monoisotopic (exact) mass is 320 g/mol. The van der Waals surface area contributed by atoms with Gasteiger partial charge >= 0.3 is 5.97 Å². The van der Waals surface area contributed by atoms with Crippen LogP contribution >= 0.6 is 11.8 Å². The maximum Gasteiger partial charge on any atom is 0.303 e. The Labute approximate surface area is 136 Å². The standard InChI is InChI=1S/C18H24O3S/c1-3-14-6-7-15(12(2)19)11-17(14)22-16-8-4-13(5-9-16)10-18(20)21/h6-7,11,13,16H,3-5,8-10H2,1-2H3,(H,20,21). The van der Waals surface area contributed by atoms with Gasteiger partial charge < -0.3 is 5.11 Å². The highest BCUT2D eigenvalue weighted by Gasteiger charge is 2.24. The molecule has 2 rings (SSSR count). The van der Waals surface area contributed by atoms with Crippen LogP contribution in [0.5, 0.6) is 0 Å². The molecule has 1 aromatic carbocycles. The molecule has 1 aliphatic carbocycles. The van der Waals surface area contributed by atoms with E-state index < -0.39 is 5.97 Å². The largest absolute Gasteiger partial charge is 0.481 e. The fourth-order valence-corrected chi connectivity index (χ4v) is 4.48. The van der Waals surface area contributed by atoms with Crippen molar-refractivity contribution < 1.29 is 14.7 Å². The molecule has 1 saturated carbocycles. The third kappa shape index (κ3) is 4.60. The second-order valence-corrected chi connectivity index (χ2v) is 7.43. The van der Waals surface area contributed by atoms with E-state index >= 15 is 0 Å². The van der Waals surface area contributed by atoms with E-state index in [1.54, 1.807) is 6.92 Å². The Morgan fingerprint density at radius 3 is 2.45 bits per heavy atom. The lowest BCUT2D eigenvalue weighted by molar-refractivity contribution is -0.138. The topological polar surface area (TPSA) is 54.4 Å². The van der Waals surface area contributed by atoms with Crippen LogP contribution < -0.4 is 0 Å². The summed E-state index contributed by atoms with van der Waals surface area (Å²) in [7, 11) is 0. The first-order valence-electron chi connectivity index (χ1n) is 8.02. The molecule has 3 nitrogen and oxygen atoms in total. The summed E-state index contributed by atoms with van der Waals surface area (Å²) in [5, 5.41) is 9.42. The van der Waals surface area contributed by atoms with Crippen LogP contribution in [0.3, 0.4) is 0 Å². The highest BCUT2D eigenvalue weighted by atomic mass is 32.2. The van der Waals surface area contributed by atoms with E-state index in [1.807, 2.05) is 23.9 Å². The lowest BCUT2D eigenvalue weighted by Gasteiger charge is -2.27. The average molecular weight is 320 g/mol. The molecule has 1 aromatic rings. The zero-order valence-corrected chi connectivity index (χ0v) is 14.1. The number of hydrogen-bond donors (Lipinski definition) is 1. The third-order valence-corrected chi connectivity index (χ3v) is 5.84. The van der Waals surface area contributed by atoms with Gasteiger partial charge in [0, 0.05) is 22.1 Å². The molecular formula is C18H24O3S. The van der Waals surface area contributed by atoms with Gasteiger partial charge in [-0.3, -0.25) is 9.59 Å². The van der Waals surface area contributed by atoms with Gasteiger partial charge in [-0.1, -0.05) is 19.1 Å². The van der Waals surface area contributed by atoms with Crippen LogP contribution in [0.1, 0.15) is 61.9 Å². The van der Waals surface area contributed by atoms with Crippen molar-refractivity contribution in [2.75, 3.05) is 0 Å². The van der Waals surface area contributed by atoms with Crippen LogP contribution in [-0.2, 0) is 11.2 Å². The molecule has 1 aliphatic rings. The molecule has 0 atom stereocenters.